The zero-order valence-corrected chi connectivity index (χ0v) is 18.9. The number of hydrogen-bond acceptors (Lipinski definition) is 6. The molecule has 3 rings (SSSR count). The van der Waals surface area contributed by atoms with Crippen molar-refractivity contribution in [2.24, 2.45) is 0 Å². The number of aliphatic hydroxyl groups excluding tert-OH is 1. The molecule has 0 aromatic heterocycles. The van der Waals surface area contributed by atoms with Crippen molar-refractivity contribution < 1.29 is 9.84 Å². The van der Waals surface area contributed by atoms with E-state index >= 15 is 0 Å². The number of benzene rings is 1. The molecule has 0 bridgehead atoms. The first-order chi connectivity index (χ1) is 15.0. The number of hydrogen-bond donors (Lipinski definition) is 2. The van der Waals surface area contributed by atoms with E-state index in [9.17, 15) is 4.79 Å². The maximum absolute atomic E-state index is 13.3. The Morgan fingerprint density at radius 3 is 2.39 bits per heavy atom. The fourth-order valence-corrected chi connectivity index (χ4v) is 3.85. The van der Waals surface area contributed by atoms with Crippen molar-refractivity contribution in [1.82, 2.24) is 4.90 Å². The Labute approximate surface area is 185 Å². The van der Waals surface area contributed by atoms with Crippen LogP contribution in [0.2, 0.25) is 0 Å². The molecule has 2 aromatic carbocycles. The largest absolute Gasteiger partial charge is 0.394 e. The first-order valence-electron chi connectivity index (χ1n) is 11.2. The van der Waals surface area contributed by atoms with Gasteiger partial charge in [-0.05, 0) is 36.6 Å². The van der Waals surface area contributed by atoms with E-state index in [2.05, 4.69) is 59.3 Å². The van der Waals surface area contributed by atoms with Gasteiger partial charge in [0.15, 0.2) is 0 Å². The smallest absolute Gasteiger partial charge is 0.206 e. The minimum absolute atomic E-state index is 0.0110. The third-order valence-corrected chi connectivity index (χ3v) is 5.70. The van der Waals surface area contributed by atoms with Gasteiger partial charge in [0.25, 0.3) is 0 Å². The average molecular weight is 426 g/mol. The minimum atomic E-state index is -0.357. The Morgan fingerprint density at radius 1 is 1.03 bits per heavy atom. The number of ether oxygens (including phenoxy) is 1. The van der Waals surface area contributed by atoms with Gasteiger partial charge >= 0.3 is 0 Å². The predicted octanol–water partition coefficient (Wildman–Crippen LogP) is 3.26. The van der Waals surface area contributed by atoms with Crippen molar-refractivity contribution in [3.63, 3.8) is 0 Å². The second-order valence-electron chi connectivity index (χ2n) is 8.38. The molecule has 1 fully saturated rings. The Bertz CT molecular complexity index is 881. The molecule has 1 saturated heterocycles. The van der Waals surface area contributed by atoms with E-state index in [4.69, 9.17) is 9.84 Å². The number of rotatable bonds is 9. The second-order valence-corrected chi connectivity index (χ2v) is 8.38. The average Bonchev–Trinajstić information content (AvgIpc) is 2.93. The van der Waals surface area contributed by atoms with Gasteiger partial charge in [0.05, 0.1) is 18.9 Å². The standard InChI is InChI=1S/C25H35N3O3/c1-19(2)21-9-10-22(25(30)24(17-21)26-20(3)31-16-15-29)18-27-11-13-28(14-12-27)23-7-5-4-6-8-23/h4-10,17,19-20,29H,11-16,18H2,1-3H3,(H,26,30). The predicted molar refractivity (Wildman–Crippen MR) is 127 cm³/mol. The summed E-state index contributed by atoms with van der Waals surface area (Å²) >= 11 is 0. The summed E-state index contributed by atoms with van der Waals surface area (Å²) in [5, 5.41) is 12.2. The van der Waals surface area contributed by atoms with E-state index in [1.54, 1.807) is 0 Å². The second kappa shape index (κ2) is 11.3. The van der Waals surface area contributed by atoms with Crippen LogP contribution >= 0.6 is 0 Å². The quantitative estimate of drug-likeness (QED) is 0.602. The first-order valence-corrected chi connectivity index (χ1v) is 11.2. The molecular formula is C25H35N3O3. The van der Waals surface area contributed by atoms with Crippen LogP contribution in [0.3, 0.4) is 0 Å². The summed E-state index contributed by atoms with van der Waals surface area (Å²) in [6, 6.07) is 16.4. The van der Waals surface area contributed by atoms with Crippen LogP contribution in [0.4, 0.5) is 11.4 Å². The van der Waals surface area contributed by atoms with E-state index in [0.717, 1.165) is 37.3 Å². The summed E-state index contributed by atoms with van der Waals surface area (Å²) in [5.74, 6) is 0.309. The van der Waals surface area contributed by atoms with Crippen LogP contribution < -0.4 is 15.6 Å². The molecule has 1 aliphatic rings. The fourth-order valence-electron chi connectivity index (χ4n) is 3.85. The third-order valence-electron chi connectivity index (χ3n) is 5.70. The molecule has 1 aliphatic heterocycles. The molecule has 0 saturated carbocycles. The molecule has 168 valence electrons. The normalized spacial score (nSPS) is 15.8. The Kier molecular flexibility index (Phi) is 8.46. The molecule has 0 amide bonds. The molecule has 1 unspecified atom stereocenters. The lowest BCUT2D eigenvalue weighted by Gasteiger charge is -2.36. The maximum Gasteiger partial charge on any atom is 0.206 e. The fraction of sp³-hybridized carbons (Fsp3) is 0.480. The van der Waals surface area contributed by atoms with Gasteiger partial charge in [-0.15, -0.1) is 0 Å². The molecule has 0 aliphatic carbocycles. The molecule has 6 nitrogen and oxygen atoms in total. The van der Waals surface area contributed by atoms with E-state index in [-0.39, 0.29) is 24.9 Å². The summed E-state index contributed by atoms with van der Waals surface area (Å²) in [6.07, 6.45) is -0.357. The van der Waals surface area contributed by atoms with Gasteiger partial charge in [-0.3, -0.25) is 9.69 Å². The number of nitrogens with zero attached hydrogens (tertiary/aromatic N) is 2. The lowest BCUT2D eigenvalue weighted by molar-refractivity contribution is 0.0541. The molecule has 2 N–H and O–H groups in total. The van der Waals surface area contributed by atoms with Crippen molar-refractivity contribution in [2.45, 2.75) is 39.5 Å². The minimum Gasteiger partial charge on any atom is -0.394 e. The van der Waals surface area contributed by atoms with Crippen LogP contribution in [-0.4, -0.2) is 55.6 Å². The maximum atomic E-state index is 13.3. The van der Waals surface area contributed by atoms with Crippen molar-refractivity contribution in [3.05, 3.63) is 69.9 Å². The summed E-state index contributed by atoms with van der Waals surface area (Å²) in [5.41, 5.74) is 3.71. The van der Waals surface area contributed by atoms with E-state index in [1.807, 2.05) is 25.1 Å². The van der Waals surface area contributed by atoms with Crippen molar-refractivity contribution in [3.8, 4) is 0 Å². The van der Waals surface area contributed by atoms with Crippen molar-refractivity contribution in [1.29, 1.82) is 0 Å². The molecule has 6 heteroatoms. The number of para-hydroxylation sites is 1. The monoisotopic (exact) mass is 425 g/mol. The summed E-state index contributed by atoms with van der Waals surface area (Å²) in [7, 11) is 0. The molecule has 1 atom stereocenters. The van der Waals surface area contributed by atoms with Gasteiger partial charge in [0.2, 0.25) is 5.43 Å². The van der Waals surface area contributed by atoms with Gasteiger partial charge in [-0.2, -0.15) is 0 Å². The van der Waals surface area contributed by atoms with Crippen LogP contribution in [0.25, 0.3) is 0 Å². The molecule has 0 spiro atoms. The molecule has 1 heterocycles. The molecule has 0 radical (unpaired) electrons. The topological polar surface area (TPSA) is 65.0 Å². The zero-order valence-electron chi connectivity index (χ0n) is 18.9. The SMILES string of the molecule is CC(Nc1cc(C(C)C)ccc(CN2CCN(c3ccccc3)CC2)c1=O)OCCO. The molecule has 31 heavy (non-hydrogen) atoms. The van der Waals surface area contributed by atoms with Crippen LogP contribution in [0.1, 0.15) is 37.8 Å². The van der Waals surface area contributed by atoms with Gasteiger partial charge in [0, 0.05) is 44.0 Å². The Morgan fingerprint density at radius 2 is 1.74 bits per heavy atom. The first kappa shape index (κ1) is 23.3. The highest BCUT2D eigenvalue weighted by Gasteiger charge is 2.19. The van der Waals surface area contributed by atoms with Gasteiger partial charge < -0.3 is 20.1 Å². The van der Waals surface area contributed by atoms with E-state index in [1.165, 1.54) is 5.69 Å². The van der Waals surface area contributed by atoms with Crippen LogP contribution in [0.5, 0.6) is 0 Å². The van der Waals surface area contributed by atoms with Crippen molar-refractivity contribution >= 4 is 11.4 Å². The third kappa shape index (κ3) is 6.53. The summed E-state index contributed by atoms with van der Waals surface area (Å²) in [6.45, 7) is 10.7. The van der Waals surface area contributed by atoms with E-state index in [0.29, 0.717) is 18.2 Å². The molecule has 2 aromatic rings. The number of aliphatic hydroxyl groups is 1. The van der Waals surface area contributed by atoms with Crippen molar-refractivity contribution in [2.75, 3.05) is 49.6 Å². The number of anilines is 2. The number of nitrogens with one attached hydrogen (secondary N) is 1. The van der Waals surface area contributed by atoms with Crippen LogP contribution in [0.15, 0.2) is 53.3 Å². The van der Waals surface area contributed by atoms with Gasteiger partial charge in [0.1, 0.15) is 6.23 Å². The summed E-state index contributed by atoms with van der Waals surface area (Å²) < 4.78 is 5.51. The van der Waals surface area contributed by atoms with Gasteiger partial charge in [-0.25, -0.2) is 0 Å². The van der Waals surface area contributed by atoms with Crippen LogP contribution in [0, 0.1) is 0 Å². The highest BCUT2D eigenvalue weighted by Crippen LogP contribution is 2.19. The summed E-state index contributed by atoms with van der Waals surface area (Å²) in [4.78, 5) is 18.0. The Hall–Kier alpha value is -2.41. The molecular weight excluding hydrogens is 390 g/mol. The number of piperazine rings is 1. The lowest BCUT2D eigenvalue weighted by Crippen LogP contribution is -2.46. The Balaban J connectivity index is 1.74. The van der Waals surface area contributed by atoms with Gasteiger partial charge in [-0.1, -0.05) is 44.2 Å². The zero-order chi connectivity index (χ0) is 22.2. The van der Waals surface area contributed by atoms with E-state index < -0.39 is 0 Å². The highest BCUT2D eigenvalue weighted by molar-refractivity contribution is 5.48. The lowest BCUT2D eigenvalue weighted by atomic mass is 10.1. The van der Waals surface area contributed by atoms with Crippen LogP contribution in [-0.2, 0) is 11.3 Å². The highest BCUT2D eigenvalue weighted by atomic mass is 16.5.